The van der Waals surface area contributed by atoms with Crippen LogP contribution < -0.4 is 5.32 Å². The Balaban J connectivity index is 2.37. The van der Waals surface area contributed by atoms with Crippen LogP contribution in [0.15, 0.2) is 0 Å². The Kier molecular flexibility index (Phi) is 3.40. The van der Waals surface area contributed by atoms with Crippen molar-refractivity contribution < 1.29 is 18.3 Å². The Labute approximate surface area is 89.8 Å². The van der Waals surface area contributed by atoms with Crippen molar-refractivity contribution in [1.29, 1.82) is 0 Å². The second kappa shape index (κ2) is 4.09. The fourth-order valence-electron chi connectivity index (χ4n) is 1.49. The number of hydrogen-bond donors (Lipinski definition) is 2. The zero-order valence-corrected chi connectivity index (χ0v) is 9.80. The molecule has 1 atom stereocenters. The molecule has 1 aliphatic heterocycles. The SMILES string of the molecule is CC(C)(O)C(=O)NCC1CCS(=O)(=O)C1. The van der Waals surface area contributed by atoms with Gasteiger partial charge in [-0.05, 0) is 26.2 Å². The van der Waals surface area contributed by atoms with Crippen LogP contribution in [-0.2, 0) is 14.6 Å². The van der Waals surface area contributed by atoms with Gasteiger partial charge >= 0.3 is 0 Å². The lowest BCUT2D eigenvalue weighted by Gasteiger charge is -2.18. The Bertz CT molecular complexity index is 342. The summed E-state index contributed by atoms with van der Waals surface area (Å²) in [5.74, 6) is -0.136. The summed E-state index contributed by atoms with van der Waals surface area (Å²) in [5.41, 5.74) is -1.41. The molecule has 1 unspecified atom stereocenters. The summed E-state index contributed by atoms with van der Waals surface area (Å²) in [6, 6.07) is 0. The van der Waals surface area contributed by atoms with Crippen molar-refractivity contribution in [2.24, 2.45) is 5.92 Å². The molecule has 0 bridgehead atoms. The fourth-order valence-corrected chi connectivity index (χ4v) is 3.35. The number of amides is 1. The maximum atomic E-state index is 11.3. The molecule has 1 fully saturated rings. The molecule has 1 rings (SSSR count). The van der Waals surface area contributed by atoms with Gasteiger partial charge in [-0.3, -0.25) is 4.79 Å². The molecule has 6 heteroatoms. The van der Waals surface area contributed by atoms with Gasteiger partial charge in [-0.2, -0.15) is 0 Å². The smallest absolute Gasteiger partial charge is 0.251 e. The summed E-state index contributed by atoms with van der Waals surface area (Å²) >= 11 is 0. The zero-order chi connectivity index (χ0) is 11.7. The van der Waals surface area contributed by atoms with Crippen molar-refractivity contribution in [3.8, 4) is 0 Å². The van der Waals surface area contributed by atoms with Gasteiger partial charge in [0.1, 0.15) is 5.60 Å². The predicted octanol–water partition coefficient (Wildman–Crippen LogP) is -0.692. The van der Waals surface area contributed by atoms with E-state index in [-0.39, 0.29) is 17.4 Å². The maximum Gasteiger partial charge on any atom is 0.251 e. The molecule has 0 spiro atoms. The lowest BCUT2D eigenvalue weighted by atomic mass is 10.1. The molecular weight excluding hydrogens is 218 g/mol. The first-order valence-electron chi connectivity index (χ1n) is 4.92. The van der Waals surface area contributed by atoms with E-state index >= 15 is 0 Å². The monoisotopic (exact) mass is 235 g/mol. The quantitative estimate of drug-likeness (QED) is 0.678. The van der Waals surface area contributed by atoms with Crippen molar-refractivity contribution in [2.75, 3.05) is 18.1 Å². The largest absolute Gasteiger partial charge is 0.381 e. The Morgan fingerprint density at radius 3 is 2.53 bits per heavy atom. The van der Waals surface area contributed by atoms with E-state index in [2.05, 4.69) is 5.32 Å². The second-order valence-electron chi connectivity index (χ2n) is 4.54. The van der Waals surface area contributed by atoms with E-state index in [9.17, 15) is 18.3 Å². The first-order chi connectivity index (χ1) is 6.71. The van der Waals surface area contributed by atoms with Gasteiger partial charge in [-0.15, -0.1) is 0 Å². The van der Waals surface area contributed by atoms with Crippen molar-refractivity contribution in [3.63, 3.8) is 0 Å². The maximum absolute atomic E-state index is 11.3. The summed E-state index contributed by atoms with van der Waals surface area (Å²) in [6.07, 6.45) is 0.592. The molecule has 1 heterocycles. The number of sulfone groups is 1. The third-order valence-electron chi connectivity index (χ3n) is 2.43. The predicted molar refractivity (Wildman–Crippen MR) is 56.1 cm³/mol. The minimum atomic E-state index is -2.89. The van der Waals surface area contributed by atoms with Crippen LogP contribution in [0.25, 0.3) is 0 Å². The van der Waals surface area contributed by atoms with Gasteiger partial charge in [0, 0.05) is 6.54 Å². The van der Waals surface area contributed by atoms with Crippen LogP contribution in [0, 0.1) is 5.92 Å². The topological polar surface area (TPSA) is 83.5 Å². The third-order valence-corrected chi connectivity index (χ3v) is 4.27. The number of aliphatic hydroxyl groups is 1. The van der Waals surface area contributed by atoms with Crippen molar-refractivity contribution >= 4 is 15.7 Å². The van der Waals surface area contributed by atoms with Crippen molar-refractivity contribution in [1.82, 2.24) is 5.32 Å². The van der Waals surface area contributed by atoms with Gasteiger partial charge in [-0.1, -0.05) is 0 Å². The number of rotatable bonds is 3. The highest BCUT2D eigenvalue weighted by molar-refractivity contribution is 7.91. The highest BCUT2D eigenvalue weighted by Crippen LogP contribution is 2.17. The van der Waals surface area contributed by atoms with Gasteiger partial charge in [0.2, 0.25) is 0 Å². The molecule has 2 N–H and O–H groups in total. The fraction of sp³-hybridized carbons (Fsp3) is 0.889. The summed E-state index contributed by atoms with van der Waals surface area (Å²) in [5, 5.41) is 11.9. The first kappa shape index (κ1) is 12.4. The van der Waals surface area contributed by atoms with Crippen LogP contribution in [0.1, 0.15) is 20.3 Å². The highest BCUT2D eigenvalue weighted by atomic mass is 32.2. The molecule has 1 aliphatic rings. The van der Waals surface area contributed by atoms with E-state index in [0.29, 0.717) is 13.0 Å². The summed E-state index contributed by atoms with van der Waals surface area (Å²) in [4.78, 5) is 11.3. The lowest BCUT2D eigenvalue weighted by Crippen LogP contribution is -2.43. The highest BCUT2D eigenvalue weighted by Gasteiger charge is 2.30. The van der Waals surface area contributed by atoms with Crippen molar-refractivity contribution in [3.05, 3.63) is 0 Å². The average molecular weight is 235 g/mol. The van der Waals surface area contributed by atoms with Crippen LogP contribution in [0.4, 0.5) is 0 Å². The van der Waals surface area contributed by atoms with E-state index in [0.717, 1.165) is 0 Å². The normalized spacial score (nSPS) is 25.1. The molecule has 1 saturated heterocycles. The molecule has 0 saturated carbocycles. The van der Waals surface area contributed by atoms with Crippen LogP contribution in [-0.4, -0.2) is 43.1 Å². The minimum absolute atomic E-state index is 0.0127. The van der Waals surface area contributed by atoms with E-state index in [1.807, 2.05) is 0 Å². The van der Waals surface area contributed by atoms with E-state index < -0.39 is 21.3 Å². The van der Waals surface area contributed by atoms with Gasteiger partial charge < -0.3 is 10.4 Å². The summed E-state index contributed by atoms with van der Waals surface area (Å²) in [7, 11) is -2.89. The first-order valence-corrected chi connectivity index (χ1v) is 6.74. The van der Waals surface area contributed by atoms with E-state index in [4.69, 9.17) is 0 Å². The number of nitrogens with one attached hydrogen (secondary N) is 1. The Morgan fingerprint density at radius 1 is 1.53 bits per heavy atom. The van der Waals surface area contributed by atoms with Crippen LogP contribution in [0.2, 0.25) is 0 Å². The second-order valence-corrected chi connectivity index (χ2v) is 6.77. The zero-order valence-electron chi connectivity index (χ0n) is 8.99. The number of carbonyl (C=O) groups is 1. The molecule has 88 valence electrons. The molecule has 0 aliphatic carbocycles. The van der Waals surface area contributed by atoms with Crippen LogP contribution >= 0.6 is 0 Å². The van der Waals surface area contributed by atoms with Crippen LogP contribution in [0.5, 0.6) is 0 Å². The lowest BCUT2D eigenvalue weighted by molar-refractivity contribution is -0.136. The third kappa shape index (κ3) is 3.79. The van der Waals surface area contributed by atoms with Gasteiger partial charge in [0.05, 0.1) is 11.5 Å². The van der Waals surface area contributed by atoms with E-state index in [1.165, 1.54) is 13.8 Å². The molecule has 0 aromatic heterocycles. The number of carbonyl (C=O) groups excluding carboxylic acids is 1. The van der Waals surface area contributed by atoms with Gasteiger partial charge in [-0.25, -0.2) is 8.42 Å². The molecular formula is C9H17NO4S. The Morgan fingerprint density at radius 2 is 2.13 bits per heavy atom. The molecule has 0 radical (unpaired) electrons. The van der Waals surface area contributed by atoms with Gasteiger partial charge in [0.15, 0.2) is 9.84 Å². The van der Waals surface area contributed by atoms with Crippen molar-refractivity contribution in [2.45, 2.75) is 25.9 Å². The average Bonchev–Trinajstić information content (AvgIpc) is 2.39. The number of hydrogen-bond acceptors (Lipinski definition) is 4. The minimum Gasteiger partial charge on any atom is -0.381 e. The molecule has 0 aromatic carbocycles. The molecule has 15 heavy (non-hydrogen) atoms. The Hall–Kier alpha value is -0.620. The van der Waals surface area contributed by atoms with Crippen LogP contribution in [0.3, 0.4) is 0 Å². The molecule has 5 nitrogen and oxygen atoms in total. The summed E-state index contributed by atoms with van der Waals surface area (Å²) < 4.78 is 22.2. The molecule has 1 amide bonds. The standard InChI is InChI=1S/C9H17NO4S/c1-9(2,12)8(11)10-5-7-3-4-15(13,14)6-7/h7,12H,3-6H2,1-2H3,(H,10,11). The van der Waals surface area contributed by atoms with Gasteiger partial charge in [0.25, 0.3) is 5.91 Å². The molecule has 0 aromatic rings. The van der Waals surface area contributed by atoms with E-state index in [1.54, 1.807) is 0 Å². The summed E-state index contributed by atoms with van der Waals surface area (Å²) in [6.45, 7) is 3.11.